The summed E-state index contributed by atoms with van der Waals surface area (Å²) in [7, 11) is 1.73. The lowest BCUT2D eigenvalue weighted by Gasteiger charge is -2.34. The summed E-state index contributed by atoms with van der Waals surface area (Å²) in [5.41, 5.74) is 9.83. The van der Waals surface area contributed by atoms with E-state index in [1.165, 1.54) is 24.0 Å². The molecule has 0 radical (unpaired) electrons. The van der Waals surface area contributed by atoms with Crippen molar-refractivity contribution in [3.63, 3.8) is 0 Å². The SMILES string of the molecule is CCc1cc(CN)c(OC)cc1C1C[C@@H](C)N[C@@H](C)C1. The average Bonchev–Trinajstić information content (AvgIpc) is 2.44. The van der Waals surface area contributed by atoms with E-state index < -0.39 is 0 Å². The first-order valence-corrected chi connectivity index (χ1v) is 7.74. The predicted octanol–water partition coefficient (Wildman–Crippen LogP) is 2.96. The van der Waals surface area contributed by atoms with Gasteiger partial charge >= 0.3 is 0 Å². The van der Waals surface area contributed by atoms with Crippen LogP contribution in [0.3, 0.4) is 0 Å². The number of methoxy groups -OCH3 is 1. The van der Waals surface area contributed by atoms with E-state index in [-0.39, 0.29) is 0 Å². The molecule has 1 heterocycles. The van der Waals surface area contributed by atoms with Crippen LogP contribution in [0.15, 0.2) is 12.1 Å². The number of nitrogens with one attached hydrogen (secondary N) is 1. The topological polar surface area (TPSA) is 47.3 Å². The fourth-order valence-electron chi connectivity index (χ4n) is 3.55. The molecule has 1 aliphatic rings. The minimum Gasteiger partial charge on any atom is -0.496 e. The molecule has 0 saturated carbocycles. The average molecular weight is 276 g/mol. The third kappa shape index (κ3) is 3.15. The van der Waals surface area contributed by atoms with Gasteiger partial charge in [-0.2, -0.15) is 0 Å². The van der Waals surface area contributed by atoms with Gasteiger partial charge in [-0.3, -0.25) is 0 Å². The van der Waals surface area contributed by atoms with Crippen LogP contribution in [-0.2, 0) is 13.0 Å². The van der Waals surface area contributed by atoms with Crippen LogP contribution < -0.4 is 15.8 Å². The molecule has 112 valence electrons. The number of hydrogen-bond acceptors (Lipinski definition) is 3. The van der Waals surface area contributed by atoms with Crippen molar-refractivity contribution in [2.75, 3.05) is 7.11 Å². The summed E-state index contributed by atoms with van der Waals surface area (Å²) in [6, 6.07) is 5.63. The van der Waals surface area contributed by atoms with Crippen molar-refractivity contribution in [3.8, 4) is 5.75 Å². The monoisotopic (exact) mass is 276 g/mol. The minimum atomic E-state index is 0.537. The van der Waals surface area contributed by atoms with Crippen LogP contribution >= 0.6 is 0 Å². The van der Waals surface area contributed by atoms with Crippen molar-refractivity contribution < 1.29 is 4.74 Å². The molecular formula is C17H28N2O. The van der Waals surface area contributed by atoms with Crippen LogP contribution in [0.4, 0.5) is 0 Å². The highest BCUT2D eigenvalue weighted by Gasteiger charge is 2.26. The second-order valence-corrected chi connectivity index (χ2v) is 6.06. The van der Waals surface area contributed by atoms with Gasteiger partial charge < -0.3 is 15.8 Å². The lowest BCUT2D eigenvalue weighted by Crippen LogP contribution is -2.41. The molecule has 0 aliphatic carbocycles. The van der Waals surface area contributed by atoms with E-state index in [2.05, 4.69) is 38.2 Å². The van der Waals surface area contributed by atoms with Gasteiger partial charge in [-0.15, -0.1) is 0 Å². The maximum atomic E-state index is 5.83. The van der Waals surface area contributed by atoms with E-state index in [0.29, 0.717) is 24.5 Å². The summed E-state index contributed by atoms with van der Waals surface area (Å²) in [6.45, 7) is 7.31. The third-order valence-corrected chi connectivity index (χ3v) is 4.43. The number of ether oxygens (including phenoxy) is 1. The second kappa shape index (κ2) is 6.59. The summed E-state index contributed by atoms with van der Waals surface area (Å²) in [4.78, 5) is 0. The largest absolute Gasteiger partial charge is 0.496 e. The van der Waals surface area contributed by atoms with Gasteiger partial charge in [0.1, 0.15) is 5.75 Å². The standard InChI is InChI=1S/C17H28N2O/c1-5-13-8-15(10-18)17(20-4)9-16(13)14-6-11(2)19-12(3)7-14/h8-9,11-12,14,19H,5-7,10,18H2,1-4H3/t11-,12+,14?. The lowest BCUT2D eigenvalue weighted by atomic mass is 9.80. The van der Waals surface area contributed by atoms with E-state index in [0.717, 1.165) is 17.7 Å². The molecular weight excluding hydrogens is 248 g/mol. The number of benzene rings is 1. The first-order valence-electron chi connectivity index (χ1n) is 7.74. The third-order valence-electron chi connectivity index (χ3n) is 4.43. The maximum Gasteiger partial charge on any atom is 0.123 e. The summed E-state index contributed by atoms with van der Waals surface area (Å²) in [6.07, 6.45) is 3.45. The van der Waals surface area contributed by atoms with Crippen LogP contribution in [-0.4, -0.2) is 19.2 Å². The van der Waals surface area contributed by atoms with Gasteiger partial charge in [0.15, 0.2) is 0 Å². The normalized spacial score (nSPS) is 26.6. The molecule has 1 saturated heterocycles. The van der Waals surface area contributed by atoms with Gasteiger partial charge in [0.05, 0.1) is 7.11 Å². The van der Waals surface area contributed by atoms with Crippen molar-refractivity contribution in [1.82, 2.24) is 5.32 Å². The van der Waals surface area contributed by atoms with Gasteiger partial charge in [-0.25, -0.2) is 0 Å². The Morgan fingerprint density at radius 2 is 1.85 bits per heavy atom. The zero-order valence-electron chi connectivity index (χ0n) is 13.2. The highest BCUT2D eigenvalue weighted by molar-refractivity contribution is 5.44. The molecule has 3 heteroatoms. The van der Waals surface area contributed by atoms with Crippen LogP contribution in [0, 0.1) is 0 Å². The lowest BCUT2D eigenvalue weighted by molar-refractivity contribution is 0.315. The fourth-order valence-corrected chi connectivity index (χ4v) is 3.55. The van der Waals surface area contributed by atoms with Gasteiger partial charge in [0.2, 0.25) is 0 Å². The quantitative estimate of drug-likeness (QED) is 0.889. The predicted molar refractivity (Wildman–Crippen MR) is 84.3 cm³/mol. The highest BCUT2D eigenvalue weighted by Crippen LogP contribution is 2.36. The van der Waals surface area contributed by atoms with Gasteiger partial charge in [-0.05, 0) is 56.2 Å². The van der Waals surface area contributed by atoms with E-state index in [4.69, 9.17) is 10.5 Å². The molecule has 20 heavy (non-hydrogen) atoms. The Balaban J connectivity index is 2.38. The Hall–Kier alpha value is -1.06. The van der Waals surface area contributed by atoms with Gasteiger partial charge in [0, 0.05) is 24.2 Å². The molecule has 0 amide bonds. The zero-order chi connectivity index (χ0) is 14.7. The summed E-state index contributed by atoms with van der Waals surface area (Å²) in [5, 5.41) is 3.62. The van der Waals surface area contributed by atoms with Crippen LogP contribution in [0.1, 0.15) is 56.2 Å². The van der Waals surface area contributed by atoms with E-state index in [9.17, 15) is 0 Å². The number of nitrogens with two attached hydrogens (primary N) is 1. The maximum absolute atomic E-state index is 5.83. The zero-order valence-corrected chi connectivity index (χ0v) is 13.2. The molecule has 3 nitrogen and oxygen atoms in total. The van der Waals surface area contributed by atoms with E-state index in [1.807, 2.05) is 0 Å². The highest BCUT2D eigenvalue weighted by atomic mass is 16.5. The molecule has 0 spiro atoms. The van der Waals surface area contributed by atoms with Gasteiger partial charge in [0.25, 0.3) is 0 Å². The van der Waals surface area contributed by atoms with Crippen LogP contribution in [0.2, 0.25) is 0 Å². The Morgan fingerprint density at radius 1 is 1.20 bits per heavy atom. The Morgan fingerprint density at radius 3 is 2.35 bits per heavy atom. The molecule has 2 rings (SSSR count). The van der Waals surface area contributed by atoms with Crippen molar-refractivity contribution in [3.05, 3.63) is 28.8 Å². The van der Waals surface area contributed by atoms with Crippen molar-refractivity contribution in [2.45, 2.75) is 64.6 Å². The van der Waals surface area contributed by atoms with Gasteiger partial charge in [-0.1, -0.05) is 13.0 Å². The minimum absolute atomic E-state index is 0.537. The first-order chi connectivity index (χ1) is 9.58. The number of aryl methyl sites for hydroxylation is 1. The molecule has 1 aromatic carbocycles. The molecule has 1 aliphatic heterocycles. The number of piperidine rings is 1. The van der Waals surface area contributed by atoms with E-state index >= 15 is 0 Å². The van der Waals surface area contributed by atoms with Crippen molar-refractivity contribution >= 4 is 0 Å². The molecule has 1 unspecified atom stereocenters. The molecule has 0 aromatic heterocycles. The number of hydrogen-bond donors (Lipinski definition) is 2. The number of rotatable bonds is 4. The van der Waals surface area contributed by atoms with Crippen molar-refractivity contribution in [1.29, 1.82) is 0 Å². The molecule has 0 bridgehead atoms. The van der Waals surface area contributed by atoms with Crippen LogP contribution in [0.25, 0.3) is 0 Å². The fraction of sp³-hybridized carbons (Fsp3) is 0.647. The second-order valence-electron chi connectivity index (χ2n) is 6.06. The molecule has 3 atom stereocenters. The van der Waals surface area contributed by atoms with E-state index in [1.54, 1.807) is 7.11 Å². The summed E-state index contributed by atoms with van der Waals surface area (Å²) in [5.74, 6) is 1.57. The smallest absolute Gasteiger partial charge is 0.123 e. The Kier molecular flexibility index (Phi) is 5.06. The molecule has 1 fully saturated rings. The molecule has 3 N–H and O–H groups in total. The summed E-state index contributed by atoms with van der Waals surface area (Å²) >= 11 is 0. The molecule has 1 aromatic rings. The summed E-state index contributed by atoms with van der Waals surface area (Å²) < 4.78 is 5.53. The first kappa shape index (κ1) is 15.3. The van der Waals surface area contributed by atoms with Crippen molar-refractivity contribution in [2.24, 2.45) is 5.73 Å². The van der Waals surface area contributed by atoms with Crippen LogP contribution in [0.5, 0.6) is 5.75 Å². The Bertz CT molecular complexity index is 449. The Labute approximate surface area is 122 Å².